The summed E-state index contributed by atoms with van der Waals surface area (Å²) in [6, 6.07) is 10.8. The molecule has 144 valence electrons. The van der Waals surface area contributed by atoms with Crippen LogP contribution in [-0.2, 0) is 9.59 Å². The fourth-order valence-corrected chi connectivity index (χ4v) is 2.88. The monoisotopic (exact) mass is 380 g/mol. The Morgan fingerprint density at radius 2 is 1.75 bits per heavy atom. The van der Waals surface area contributed by atoms with E-state index in [0.717, 1.165) is 10.5 Å². The van der Waals surface area contributed by atoms with Gasteiger partial charge < -0.3 is 9.84 Å². The number of para-hydroxylation sites is 1. The van der Waals surface area contributed by atoms with Gasteiger partial charge in [0.05, 0.1) is 12.8 Å². The summed E-state index contributed by atoms with van der Waals surface area (Å²) in [5.41, 5.74) is 1.36. The molecule has 1 aliphatic heterocycles. The minimum absolute atomic E-state index is 0.204. The maximum absolute atomic E-state index is 12.9. The Hall–Kier alpha value is -3.61. The van der Waals surface area contributed by atoms with Crippen molar-refractivity contribution in [2.24, 2.45) is 0 Å². The molecule has 3 rings (SSSR count). The second-order valence-corrected chi connectivity index (χ2v) is 6.60. The van der Waals surface area contributed by atoms with Gasteiger partial charge in [-0.15, -0.1) is 0 Å². The molecule has 0 spiro atoms. The van der Waals surface area contributed by atoms with Crippen molar-refractivity contribution in [1.29, 1.82) is 0 Å². The van der Waals surface area contributed by atoms with Gasteiger partial charge in [0, 0.05) is 5.56 Å². The predicted octanol–water partition coefficient (Wildman–Crippen LogP) is 3.19. The van der Waals surface area contributed by atoms with E-state index in [-0.39, 0.29) is 22.6 Å². The molecule has 7 nitrogen and oxygen atoms in total. The molecular weight excluding hydrogens is 360 g/mol. The number of phenols is 1. The lowest BCUT2D eigenvalue weighted by Crippen LogP contribution is -2.54. The lowest BCUT2D eigenvalue weighted by molar-refractivity contribution is -0.122. The third kappa shape index (κ3) is 3.46. The number of aromatic hydroxyl groups is 1. The van der Waals surface area contributed by atoms with Gasteiger partial charge in [-0.3, -0.25) is 14.9 Å². The molecule has 0 atom stereocenters. The Labute approximate surface area is 162 Å². The van der Waals surface area contributed by atoms with Crippen molar-refractivity contribution >= 4 is 29.6 Å². The van der Waals surface area contributed by atoms with Crippen LogP contribution >= 0.6 is 0 Å². The molecule has 28 heavy (non-hydrogen) atoms. The van der Waals surface area contributed by atoms with E-state index in [1.54, 1.807) is 24.3 Å². The van der Waals surface area contributed by atoms with Crippen LogP contribution in [0.2, 0.25) is 0 Å². The summed E-state index contributed by atoms with van der Waals surface area (Å²) in [4.78, 5) is 38.3. The number of nitrogens with one attached hydrogen (secondary N) is 1. The van der Waals surface area contributed by atoms with Gasteiger partial charge in [-0.05, 0) is 35.8 Å². The molecule has 0 aromatic heterocycles. The molecule has 0 bridgehead atoms. The molecule has 1 aliphatic rings. The summed E-state index contributed by atoms with van der Waals surface area (Å²) in [5.74, 6) is -1.30. The number of carbonyl (C=O) groups is 3. The SMILES string of the molecule is COc1cccc(/C=C2/C(=O)NC(=O)N(c3ccc(C(C)C)cc3)C2=O)c1O. The molecule has 0 saturated carbocycles. The van der Waals surface area contributed by atoms with E-state index in [9.17, 15) is 19.5 Å². The molecule has 0 aliphatic carbocycles. The molecule has 4 amide bonds. The normalized spacial score (nSPS) is 15.9. The number of anilines is 1. The van der Waals surface area contributed by atoms with Gasteiger partial charge in [-0.2, -0.15) is 0 Å². The number of methoxy groups -OCH3 is 1. The smallest absolute Gasteiger partial charge is 0.335 e. The van der Waals surface area contributed by atoms with Crippen LogP contribution in [0.1, 0.15) is 30.9 Å². The molecule has 1 heterocycles. The Morgan fingerprint density at radius 1 is 1.07 bits per heavy atom. The predicted molar refractivity (Wildman–Crippen MR) is 104 cm³/mol. The number of carbonyl (C=O) groups excluding carboxylic acids is 3. The molecular formula is C21H20N2O5. The summed E-state index contributed by atoms with van der Waals surface area (Å²) in [7, 11) is 1.39. The highest BCUT2D eigenvalue weighted by molar-refractivity contribution is 6.39. The van der Waals surface area contributed by atoms with Crippen LogP contribution in [0.25, 0.3) is 6.08 Å². The van der Waals surface area contributed by atoms with E-state index in [0.29, 0.717) is 11.6 Å². The van der Waals surface area contributed by atoms with Gasteiger partial charge in [0.1, 0.15) is 5.57 Å². The van der Waals surface area contributed by atoms with Crippen molar-refractivity contribution in [2.45, 2.75) is 19.8 Å². The first kappa shape index (κ1) is 19.2. The van der Waals surface area contributed by atoms with E-state index in [2.05, 4.69) is 5.32 Å². The first-order valence-corrected chi connectivity index (χ1v) is 8.71. The topological polar surface area (TPSA) is 95.9 Å². The highest BCUT2D eigenvalue weighted by atomic mass is 16.5. The van der Waals surface area contributed by atoms with Crippen molar-refractivity contribution in [3.63, 3.8) is 0 Å². The number of nitrogens with zero attached hydrogens (tertiary/aromatic N) is 1. The quantitative estimate of drug-likeness (QED) is 0.627. The van der Waals surface area contributed by atoms with Crippen molar-refractivity contribution in [3.8, 4) is 11.5 Å². The van der Waals surface area contributed by atoms with Crippen LogP contribution in [0.5, 0.6) is 11.5 Å². The van der Waals surface area contributed by atoms with Gasteiger partial charge in [0.2, 0.25) is 0 Å². The lowest BCUT2D eigenvalue weighted by atomic mass is 10.0. The van der Waals surface area contributed by atoms with E-state index >= 15 is 0 Å². The summed E-state index contributed by atoms with van der Waals surface area (Å²) in [6.45, 7) is 4.07. The maximum Gasteiger partial charge on any atom is 0.335 e. The number of benzene rings is 2. The number of barbiturate groups is 1. The van der Waals surface area contributed by atoms with E-state index in [1.165, 1.54) is 19.3 Å². The number of hydrogen-bond acceptors (Lipinski definition) is 5. The van der Waals surface area contributed by atoms with E-state index < -0.39 is 17.8 Å². The molecule has 7 heteroatoms. The second kappa shape index (κ2) is 7.56. The van der Waals surface area contributed by atoms with Gasteiger partial charge in [-0.1, -0.05) is 38.1 Å². The standard InChI is InChI=1S/C21H20N2O5/c1-12(2)13-7-9-15(10-8-13)23-20(26)16(19(25)22-21(23)27)11-14-5-4-6-17(28-3)18(14)24/h4-12,24H,1-3H3,(H,22,25,27)/b16-11-. The molecule has 0 radical (unpaired) electrons. The third-order valence-corrected chi connectivity index (χ3v) is 4.47. The van der Waals surface area contributed by atoms with Gasteiger partial charge in [0.25, 0.3) is 11.8 Å². The molecule has 1 fully saturated rings. The van der Waals surface area contributed by atoms with Crippen LogP contribution in [0.3, 0.4) is 0 Å². The summed E-state index contributed by atoms with van der Waals surface area (Å²) >= 11 is 0. The van der Waals surface area contributed by atoms with Gasteiger partial charge in [0.15, 0.2) is 11.5 Å². The first-order valence-electron chi connectivity index (χ1n) is 8.71. The number of hydrogen-bond donors (Lipinski definition) is 2. The number of urea groups is 1. The number of imide groups is 2. The van der Waals surface area contributed by atoms with Crippen molar-refractivity contribution in [3.05, 3.63) is 59.2 Å². The summed E-state index contributed by atoms with van der Waals surface area (Å²) in [6.07, 6.45) is 1.23. The molecule has 2 aromatic rings. The fourth-order valence-electron chi connectivity index (χ4n) is 2.88. The summed E-state index contributed by atoms with van der Waals surface area (Å²) < 4.78 is 5.04. The minimum atomic E-state index is -0.827. The number of ether oxygens (including phenoxy) is 1. The van der Waals surface area contributed by atoms with Crippen LogP contribution in [0, 0.1) is 0 Å². The average Bonchev–Trinajstić information content (AvgIpc) is 2.66. The minimum Gasteiger partial charge on any atom is -0.504 e. The van der Waals surface area contributed by atoms with Gasteiger partial charge >= 0.3 is 6.03 Å². The highest BCUT2D eigenvalue weighted by Gasteiger charge is 2.37. The second-order valence-electron chi connectivity index (χ2n) is 6.60. The number of rotatable bonds is 4. The Bertz CT molecular complexity index is 977. The van der Waals surface area contributed by atoms with E-state index in [1.807, 2.05) is 26.0 Å². The van der Waals surface area contributed by atoms with Gasteiger partial charge in [-0.25, -0.2) is 9.69 Å². The highest BCUT2D eigenvalue weighted by Crippen LogP contribution is 2.32. The largest absolute Gasteiger partial charge is 0.504 e. The Balaban J connectivity index is 2.01. The van der Waals surface area contributed by atoms with Crippen LogP contribution in [-0.4, -0.2) is 30.1 Å². The molecule has 2 N–H and O–H groups in total. The van der Waals surface area contributed by atoms with Crippen molar-refractivity contribution in [1.82, 2.24) is 5.32 Å². The molecule has 1 saturated heterocycles. The van der Waals surface area contributed by atoms with Crippen LogP contribution < -0.4 is 15.0 Å². The molecule has 0 unspecified atom stereocenters. The average molecular weight is 380 g/mol. The first-order chi connectivity index (χ1) is 13.3. The Morgan fingerprint density at radius 3 is 2.36 bits per heavy atom. The maximum atomic E-state index is 12.9. The lowest BCUT2D eigenvalue weighted by Gasteiger charge is -2.26. The van der Waals surface area contributed by atoms with Crippen LogP contribution in [0.4, 0.5) is 10.5 Å². The summed E-state index contributed by atoms with van der Waals surface area (Å²) in [5, 5.41) is 12.4. The Kier molecular flexibility index (Phi) is 5.17. The molecule has 2 aromatic carbocycles. The van der Waals surface area contributed by atoms with Crippen LogP contribution in [0.15, 0.2) is 48.0 Å². The number of amides is 4. The zero-order valence-corrected chi connectivity index (χ0v) is 15.7. The van der Waals surface area contributed by atoms with Crippen molar-refractivity contribution in [2.75, 3.05) is 12.0 Å². The van der Waals surface area contributed by atoms with E-state index in [4.69, 9.17) is 4.74 Å². The third-order valence-electron chi connectivity index (χ3n) is 4.47. The fraction of sp³-hybridized carbons (Fsp3) is 0.190. The zero-order chi connectivity index (χ0) is 20.4. The zero-order valence-electron chi connectivity index (χ0n) is 15.7. The van der Waals surface area contributed by atoms with Crippen molar-refractivity contribution < 1.29 is 24.2 Å². The number of phenolic OH excluding ortho intramolecular Hbond substituents is 1.